The number of halogens is 2. The molecule has 0 saturated carbocycles. The first-order chi connectivity index (χ1) is 14.0. The van der Waals surface area contributed by atoms with E-state index in [0.29, 0.717) is 59.9 Å². The third-order valence-corrected chi connectivity index (χ3v) is 5.72. The minimum atomic E-state index is -0.387. The van der Waals surface area contributed by atoms with Gasteiger partial charge in [-0.3, -0.25) is 9.59 Å². The van der Waals surface area contributed by atoms with Crippen LogP contribution in [-0.4, -0.2) is 43.0 Å². The molecule has 8 heteroatoms. The molecule has 1 N–H and O–H groups in total. The molecule has 2 aromatic carbocycles. The first-order valence-electron chi connectivity index (χ1n) is 9.46. The summed E-state index contributed by atoms with van der Waals surface area (Å²) in [6, 6.07) is 8.97. The number of fused-ring (bicyclic) bond motifs is 1. The summed E-state index contributed by atoms with van der Waals surface area (Å²) >= 11 is 3.45. The SMILES string of the molecule is O=C(Nc1cc2c(cc1Br)OCCO2)C1CCCN(C(=O)c2ccc(F)cc2)C1. The van der Waals surface area contributed by atoms with Crippen LogP contribution < -0.4 is 14.8 Å². The van der Waals surface area contributed by atoms with Crippen molar-refractivity contribution in [2.24, 2.45) is 5.92 Å². The fourth-order valence-electron chi connectivity index (χ4n) is 3.55. The highest BCUT2D eigenvalue weighted by molar-refractivity contribution is 9.10. The van der Waals surface area contributed by atoms with E-state index in [1.807, 2.05) is 0 Å². The van der Waals surface area contributed by atoms with Crippen LogP contribution in [0.5, 0.6) is 11.5 Å². The van der Waals surface area contributed by atoms with E-state index in [2.05, 4.69) is 21.2 Å². The van der Waals surface area contributed by atoms with Crippen LogP contribution in [0.4, 0.5) is 10.1 Å². The van der Waals surface area contributed by atoms with Crippen molar-refractivity contribution in [2.45, 2.75) is 12.8 Å². The standard InChI is InChI=1S/C21H20BrFN2O4/c22-16-10-18-19(29-9-8-28-18)11-17(16)24-20(26)14-2-1-7-25(12-14)21(27)13-3-5-15(23)6-4-13/h3-6,10-11,14H,1-2,7-9,12H2,(H,24,26). The van der Waals surface area contributed by atoms with Crippen LogP contribution in [0.15, 0.2) is 40.9 Å². The monoisotopic (exact) mass is 462 g/mol. The first-order valence-corrected chi connectivity index (χ1v) is 10.3. The zero-order valence-electron chi connectivity index (χ0n) is 15.6. The highest BCUT2D eigenvalue weighted by atomic mass is 79.9. The Hall–Kier alpha value is -2.61. The molecular weight excluding hydrogens is 443 g/mol. The predicted octanol–water partition coefficient (Wildman–Crippen LogP) is 3.85. The van der Waals surface area contributed by atoms with Crippen molar-refractivity contribution in [1.29, 1.82) is 0 Å². The maximum atomic E-state index is 13.1. The summed E-state index contributed by atoms with van der Waals surface area (Å²) in [6.45, 7) is 1.86. The lowest BCUT2D eigenvalue weighted by molar-refractivity contribution is -0.121. The Morgan fingerprint density at radius 1 is 1.10 bits per heavy atom. The number of anilines is 1. The third kappa shape index (κ3) is 4.37. The molecule has 1 atom stereocenters. The van der Waals surface area contributed by atoms with Gasteiger partial charge in [0.15, 0.2) is 11.5 Å². The van der Waals surface area contributed by atoms with E-state index in [4.69, 9.17) is 9.47 Å². The number of nitrogens with zero attached hydrogens (tertiary/aromatic N) is 1. The molecule has 2 aliphatic rings. The molecular formula is C21H20BrFN2O4. The normalized spacial score (nSPS) is 18.3. The molecule has 2 amide bonds. The molecule has 2 heterocycles. The Morgan fingerprint density at radius 3 is 2.52 bits per heavy atom. The minimum absolute atomic E-state index is 0.154. The van der Waals surface area contributed by atoms with Crippen molar-refractivity contribution >= 4 is 33.4 Å². The van der Waals surface area contributed by atoms with Crippen molar-refractivity contribution in [3.05, 3.63) is 52.3 Å². The molecule has 0 radical (unpaired) electrons. The maximum Gasteiger partial charge on any atom is 0.253 e. The minimum Gasteiger partial charge on any atom is -0.486 e. The van der Waals surface area contributed by atoms with Crippen molar-refractivity contribution in [1.82, 2.24) is 4.90 Å². The smallest absolute Gasteiger partial charge is 0.253 e. The van der Waals surface area contributed by atoms with Gasteiger partial charge in [0, 0.05) is 35.3 Å². The first kappa shape index (κ1) is 19.7. The summed E-state index contributed by atoms with van der Waals surface area (Å²) in [5.41, 5.74) is 1.02. The number of amides is 2. The predicted molar refractivity (Wildman–Crippen MR) is 109 cm³/mol. The number of hydrogen-bond donors (Lipinski definition) is 1. The number of carbonyl (C=O) groups is 2. The van der Waals surface area contributed by atoms with E-state index in [0.717, 1.165) is 6.42 Å². The molecule has 1 saturated heterocycles. The number of nitrogens with one attached hydrogen (secondary N) is 1. The molecule has 0 aliphatic carbocycles. The van der Waals surface area contributed by atoms with Crippen LogP contribution in [-0.2, 0) is 4.79 Å². The molecule has 0 spiro atoms. The van der Waals surface area contributed by atoms with Gasteiger partial charge in [0.1, 0.15) is 19.0 Å². The molecule has 6 nitrogen and oxygen atoms in total. The van der Waals surface area contributed by atoms with Crippen molar-refractivity contribution in [2.75, 3.05) is 31.6 Å². The van der Waals surface area contributed by atoms with Crippen LogP contribution in [0.2, 0.25) is 0 Å². The van der Waals surface area contributed by atoms with Gasteiger partial charge in [-0.25, -0.2) is 4.39 Å². The Labute approximate surface area is 176 Å². The fraction of sp³-hybridized carbons (Fsp3) is 0.333. The number of rotatable bonds is 3. The topological polar surface area (TPSA) is 67.9 Å². The zero-order chi connectivity index (χ0) is 20.4. The van der Waals surface area contributed by atoms with Gasteiger partial charge < -0.3 is 19.7 Å². The summed E-state index contributed by atoms with van der Waals surface area (Å²) < 4.78 is 24.9. The van der Waals surface area contributed by atoms with Crippen molar-refractivity contribution in [3.63, 3.8) is 0 Å². The Bertz CT molecular complexity index is 935. The summed E-state index contributed by atoms with van der Waals surface area (Å²) in [5.74, 6) is 0.166. The van der Waals surface area contributed by atoms with Gasteiger partial charge in [0.25, 0.3) is 5.91 Å². The quantitative estimate of drug-likeness (QED) is 0.751. The average molecular weight is 463 g/mol. The van der Waals surface area contributed by atoms with Gasteiger partial charge in [0.05, 0.1) is 11.6 Å². The third-order valence-electron chi connectivity index (χ3n) is 5.06. The van der Waals surface area contributed by atoms with Gasteiger partial charge in [0.2, 0.25) is 5.91 Å². The molecule has 2 aliphatic heterocycles. The summed E-state index contributed by atoms with van der Waals surface area (Å²) in [7, 11) is 0. The van der Waals surface area contributed by atoms with Gasteiger partial charge in [-0.2, -0.15) is 0 Å². The largest absolute Gasteiger partial charge is 0.486 e. The summed E-state index contributed by atoms with van der Waals surface area (Å²) in [4.78, 5) is 27.2. The lowest BCUT2D eigenvalue weighted by Gasteiger charge is -2.32. The van der Waals surface area contributed by atoms with Crippen molar-refractivity contribution < 1.29 is 23.5 Å². The summed E-state index contributed by atoms with van der Waals surface area (Å²) in [5, 5.41) is 2.93. The molecule has 29 heavy (non-hydrogen) atoms. The molecule has 0 bridgehead atoms. The van der Waals surface area contributed by atoms with E-state index in [9.17, 15) is 14.0 Å². The number of carbonyl (C=O) groups excluding carboxylic acids is 2. The highest BCUT2D eigenvalue weighted by Gasteiger charge is 2.29. The van der Waals surface area contributed by atoms with Crippen molar-refractivity contribution in [3.8, 4) is 11.5 Å². The Morgan fingerprint density at radius 2 is 1.79 bits per heavy atom. The molecule has 1 fully saturated rings. The van der Waals surface area contributed by atoms with Crippen LogP contribution >= 0.6 is 15.9 Å². The Balaban J connectivity index is 1.44. The number of likely N-dealkylation sites (tertiary alicyclic amines) is 1. The number of hydrogen-bond acceptors (Lipinski definition) is 4. The summed E-state index contributed by atoms with van der Waals surface area (Å²) in [6.07, 6.45) is 1.43. The van der Waals surface area contributed by atoms with Crippen LogP contribution in [0, 0.1) is 11.7 Å². The van der Waals surface area contributed by atoms with E-state index in [1.54, 1.807) is 17.0 Å². The average Bonchev–Trinajstić information content (AvgIpc) is 2.74. The van der Waals surface area contributed by atoms with Gasteiger partial charge in [-0.15, -0.1) is 0 Å². The second-order valence-corrected chi connectivity index (χ2v) is 7.92. The number of piperidine rings is 1. The number of benzene rings is 2. The van der Waals surface area contributed by atoms with Crippen LogP contribution in [0.25, 0.3) is 0 Å². The van der Waals surface area contributed by atoms with Gasteiger partial charge in [-0.1, -0.05) is 0 Å². The fourth-order valence-corrected chi connectivity index (χ4v) is 3.97. The van der Waals surface area contributed by atoms with Crippen LogP contribution in [0.1, 0.15) is 23.2 Å². The van der Waals surface area contributed by atoms with Gasteiger partial charge >= 0.3 is 0 Å². The second kappa shape index (κ2) is 8.41. The number of ether oxygens (including phenoxy) is 2. The second-order valence-electron chi connectivity index (χ2n) is 7.06. The molecule has 0 aromatic heterocycles. The van der Waals surface area contributed by atoms with Crippen LogP contribution in [0.3, 0.4) is 0 Å². The van der Waals surface area contributed by atoms with E-state index >= 15 is 0 Å². The highest BCUT2D eigenvalue weighted by Crippen LogP contribution is 2.38. The van der Waals surface area contributed by atoms with E-state index in [1.165, 1.54) is 24.3 Å². The maximum absolute atomic E-state index is 13.1. The lowest BCUT2D eigenvalue weighted by atomic mass is 9.96. The molecule has 4 rings (SSSR count). The van der Waals surface area contributed by atoms with E-state index < -0.39 is 0 Å². The Kier molecular flexibility index (Phi) is 5.71. The zero-order valence-corrected chi connectivity index (χ0v) is 17.2. The van der Waals surface area contributed by atoms with Gasteiger partial charge in [-0.05, 0) is 53.0 Å². The molecule has 152 valence electrons. The van der Waals surface area contributed by atoms with E-state index in [-0.39, 0.29) is 23.5 Å². The molecule has 2 aromatic rings. The lowest BCUT2D eigenvalue weighted by Crippen LogP contribution is -2.43. The molecule has 1 unspecified atom stereocenters.